The molecule has 0 bridgehead atoms. The Morgan fingerprint density at radius 3 is 2.80 bits per heavy atom. The molecular formula is C6H11BN2S. The molecule has 1 heterocycles. The van der Waals surface area contributed by atoms with E-state index in [0.29, 0.717) is 0 Å². The number of nitrogens with zero attached hydrogens (tertiary/aromatic N) is 2. The van der Waals surface area contributed by atoms with E-state index in [2.05, 4.69) is 29.4 Å². The monoisotopic (exact) mass is 154 g/mol. The van der Waals surface area contributed by atoms with Crippen LogP contribution in [-0.2, 0) is 6.54 Å². The molecule has 0 aliphatic rings. The van der Waals surface area contributed by atoms with Crippen LogP contribution in [-0.4, -0.2) is 31.8 Å². The zero-order chi connectivity index (χ0) is 7.56. The van der Waals surface area contributed by atoms with E-state index in [0.717, 1.165) is 12.1 Å². The Kier molecular flexibility index (Phi) is 2.46. The fraction of sp³-hybridized carbons (Fsp3) is 0.500. The van der Waals surface area contributed by atoms with Gasteiger partial charge in [-0.15, -0.1) is 11.3 Å². The van der Waals surface area contributed by atoms with Crippen molar-refractivity contribution in [3.05, 3.63) is 10.4 Å². The molecule has 0 atom stereocenters. The summed E-state index contributed by atoms with van der Waals surface area (Å²) in [7, 11) is 6.13. The van der Waals surface area contributed by atoms with Crippen molar-refractivity contribution in [2.75, 3.05) is 14.1 Å². The summed E-state index contributed by atoms with van der Waals surface area (Å²) in [6.07, 6.45) is 0. The van der Waals surface area contributed by atoms with Gasteiger partial charge in [0.2, 0.25) is 0 Å². The molecule has 0 radical (unpaired) electrons. The first-order chi connectivity index (χ1) is 4.68. The lowest BCUT2D eigenvalue weighted by atomic mass is 10.1. The van der Waals surface area contributed by atoms with Gasteiger partial charge < -0.3 is 4.90 Å². The Hall–Kier alpha value is -0.345. The van der Waals surface area contributed by atoms with Crippen LogP contribution >= 0.6 is 11.3 Å². The molecule has 1 aromatic rings. The highest BCUT2D eigenvalue weighted by atomic mass is 32.1. The summed E-state index contributed by atoms with van der Waals surface area (Å²) in [6, 6.07) is 0. The second kappa shape index (κ2) is 3.17. The third kappa shape index (κ3) is 2.12. The molecule has 1 rings (SSSR count). The summed E-state index contributed by atoms with van der Waals surface area (Å²) in [5, 5.41) is 3.28. The van der Waals surface area contributed by atoms with Gasteiger partial charge >= 0.3 is 0 Å². The zero-order valence-corrected chi connectivity index (χ0v) is 7.40. The summed E-state index contributed by atoms with van der Waals surface area (Å²) >= 11 is 1.73. The standard InChI is InChI=1S/C6H11BN2S/c1-9(2)3-6-8-5(7)4-10-6/h4H,3,7H2,1-2H3. The van der Waals surface area contributed by atoms with E-state index in [1.54, 1.807) is 11.3 Å². The summed E-state index contributed by atoms with van der Waals surface area (Å²) in [6.45, 7) is 0.957. The van der Waals surface area contributed by atoms with E-state index in [1.807, 2.05) is 7.85 Å². The summed E-state index contributed by atoms with van der Waals surface area (Å²) < 4.78 is 0. The van der Waals surface area contributed by atoms with Gasteiger partial charge in [-0.1, -0.05) is 0 Å². The van der Waals surface area contributed by atoms with Crippen LogP contribution in [0.2, 0.25) is 0 Å². The van der Waals surface area contributed by atoms with Crippen molar-refractivity contribution in [1.29, 1.82) is 0 Å². The van der Waals surface area contributed by atoms with Crippen molar-refractivity contribution in [1.82, 2.24) is 9.88 Å². The lowest BCUT2D eigenvalue weighted by Crippen LogP contribution is -2.12. The molecule has 0 saturated heterocycles. The Labute approximate surface area is 66.3 Å². The van der Waals surface area contributed by atoms with Crippen molar-refractivity contribution < 1.29 is 0 Å². The molecule has 0 saturated carbocycles. The van der Waals surface area contributed by atoms with Crippen LogP contribution in [0.25, 0.3) is 0 Å². The number of hydrogen-bond acceptors (Lipinski definition) is 3. The Balaban J connectivity index is 2.58. The minimum atomic E-state index is 0.957. The van der Waals surface area contributed by atoms with Crippen molar-refractivity contribution in [2.24, 2.45) is 0 Å². The predicted molar refractivity (Wildman–Crippen MR) is 47.7 cm³/mol. The van der Waals surface area contributed by atoms with E-state index in [-0.39, 0.29) is 0 Å². The van der Waals surface area contributed by atoms with Gasteiger partial charge in [0.05, 0.1) is 0 Å². The second-order valence-electron chi connectivity index (χ2n) is 2.62. The molecule has 0 N–H and O–H groups in total. The minimum absolute atomic E-state index is 0.957. The van der Waals surface area contributed by atoms with Crippen molar-refractivity contribution >= 4 is 24.8 Å². The fourth-order valence-corrected chi connectivity index (χ4v) is 1.63. The molecule has 4 heteroatoms. The molecule has 0 amide bonds. The van der Waals surface area contributed by atoms with Crippen LogP contribution in [0.1, 0.15) is 5.01 Å². The Morgan fingerprint density at radius 2 is 2.40 bits per heavy atom. The van der Waals surface area contributed by atoms with E-state index in [1.165, 1.54) is 5.01 Å². The van der Waals surface area contributed by atoms with Crippen molar-refractivity contribution in [3.8, 4) is 0 Å². The summed E-state index contributed by atoms with van der Waals surface area (Å²) in [4.78, 5) is 6.45. The zero-order valence-electron chi connectivity index (χ0n) is 6.59. The highest BCUT2D eigenvalue weighted by molar-refractivity contribution is 7.10. The lowest BCUT2D eigenvalue weighted by Gasteiger charge is -2.04. The molecule has 54 valence electrons. The largest absolute Gasteiger partial charge is 0.303 e. The predicted octanol–water partition coefficient (Wildman–Crippen LogP) is -0.537. The van der Waals surface area contributed by atoms with Gasteiger partial charge in [-0.25, -0.2) is 0 Å². The van der Waals surface area contributed by atoms with Crippen LogP contribution in [0.3, 0.4) is 0 Å². The molecule has 0 aliphatic heterocycles. The SMILES string of the molecule is Bc1csc(CN(C)C)n1. The van der Waals surface area contributed by atoms with E-state index in [4.69, 9.17) is 0 Å². The quantitative estimate of drug-likeness (QED) is 0.532. The second-order valence-corrected chi connectivity index (χ2v) is 3.56. The maximum atomic E-state index is 4.33. The number of rotatable bonds is 2. The molecule has 0 aliphatic carbocycles. The number of aromatic nitrogens is 1. The fourth-order valence-electron chi connectivity index (χ4n) is 0.746. The van der Waals surface area contributed by atoms with E-state index < -0.39 is 0 Å². The molecule has 0 unspecified atom stereocenters. The molecule has 0 fully saturated rings. The molecular weight excluding hydrogens is 143 g/mol. The maximum absolute atomic E-state index is 4.33. The first-order valence-corrected chi connectivity index (χ1v) is 4.12. The maximum Gasteiger partial charge on any atom is 0.165 e. The number of hydrogen-bond donors (Lipinski definition) is 0. The first-order valence-electron chi connectivity index (χ1n) is 3.24. The van der Waals surface area contributed by atoms with Crippen LogP contribution < -0.4 is 5.59 Å². The normalized spacial score (nSPS) is 10.7. The third-order valence-corrected chi connectivity index (χ3v) is 2.07. The average molecular weight is 154 g/mol. The van der Waals surface area contributed by atoms with Gasteiger partial charge in [0.1, 0.15) is 5.01 Å². The Morgan fingerprint density at radius 1 is 1.70 bits per heavy atom. The highest BCUT2D eigenvalue weighted by Crippen LogP contribution is 2.02. The van der Waals surface area contributed by atoms with Gasteiger partial charge in [-0.3, -0.25) is 4.98 Å². The summed E-state index contributed by atoms with van der Waals surface area (Å²) in [5.74, 6) is 0. The van der Waals surface area contributed by atoms with Crippen molar-refractivity contribution in [2.45, 2.75) is 6.54 Å². The van der Waals surface area contributed by atoms with Gasteiger partial charge in [-0.2, -0.15) is 0 Å². The smallest absolute Gasteiger partial charge is 0.165 e. The third-order valence-electron chi connectivity index (χ3n) is 1.12. The number of thiazole rings is 1. The van der Waals surface area contributed by atoms with Crippen LogP contribution in [0.5, 0.6) is 0 Å². The van der Waals surface area contributed by atoms with Crippen molar-refractivity contribution in [3.63, 3.8) is 0 Å². The van der Waals surface area contributed by atoms with Crippen LogP contribution in [0, 0.1) is 0 Å². The lowest BCUT2D eigenvalue weighted by molar-refractivity contribution is 0.402. The topological polar surface area (TPSA) is 16.1 Å². The van der Waals surface area contributed by atoms with Gasteiger partial charge in [0.15, 0.2) is 7.85 Å². The Bertz CT molecular complexity index is 209. The first kappa shape index (κ1) is 7.76. The average Bonchev–Trinajstić information content (AvgIpc) is 2.13. The molecule has 0 spiro atoms. The van der Waals surface area contributed by atoms with Crippen LogP contribution in [0.4, 0.5) is 0 Å². The molecule has 2 nitrogen and oxygen atoms in total. The minimum Gasteiger partial charge on any atom is -0.303 e. The van der Waals surface area contributed by atoms with Crippen LogP contribution in [0.15, 0.2) is 5.38 Å². The van der Waals surface area contributed by atoms with E-state index >= 15 is 0 Å². The molecule has 10 heavy (non-hydrogen) atoms. The highest BCUT2D eigenvalue weighted by Gasteiger charge is 1.97. The van der Waals surface area contributed by atoms with Gasteiger partial charge in [-0.05, 0) is 14.1 Å². The molecule has 1 aromatic heterocycles. The summed E-state index contributed by atoms with van der Waals surface area (Å²) in [5.41, 5.74) is 1.13. The van der Waals surface area contributed by atoms with Gasteiger partial charge in [0.25, 0.3) is 0 Å². The van der Waals surface area contributed by atoms with E-state index in [9.17, 15) is 0 Å². The molecule has 0 aromatic carbocycles. The van der Waals surface area contributed by atoms with Gasteiger partial charge in [0, 0.05) is 17.5 Å².